The lowest BCUT2D eigenvalue weighted by atomic mass is 10.2. The van der Waals surface area contributed by atoms with Crippen molar-refractivity contribution < 1.29 is 4.42 Å². The van der Waals surface area contributed by atoms with E-state index in [1.54, 1.807) is 0 Å². The van der Waals surface area contributed by atoms with Crippen LogP contribution in [0.25, 0.3) is 11.1 Å². The van der Waals surface area contributed by atoms with E-state index >= 15 is 0 Å². The summed E-state index contributed by atoms with van der Waals surface area (Å²) in [5.41, 5.74) is 3.03. The zero-order chi connectivity index (χ0) is 11.5. The lowest BCUT2D eigenvalue weighted by molar-refractivity contribution is 0.310. The van der Waals surface area contributed by atoms with Crippen molar-refractivity contribution in [2.45, 2.75) is 13.5 Å². The van der Waals surface area contributed by atoms with Crippen LogP contribution in [-0.2, 0) is 6.54 Å². The largest absolute Gasteiger partial charge is 0.441 e. The number of hydrogen-bond acceptors (Lipinski definition) is 4. The molecule has 2 rings (SSSR count). The summed E-state index contributed by atoms with van der Waals surface area (Å²) in [5, 5.41) is 3.12. The summed E-state index contributed by atoms with van der Waals surface area (Å²) < 4.78 is 5.50. The fraction of sp³-hybridized carbons (Fsp3) is 0.417. The lowest BCUT2D eigenvalue weighted by Crippen LogP contribution is -2.27. The van der Waals surface area contributed by atoms with Crippen LogP contribution in [0.4, 0.5) is 0 Å². The molecule has 86 valence electrons. The van der Waals surface area contributed by atoms with Gasteiger partial charge in [-0.05, 0) is 31.8 Å². The highest BCUT2D eigenvalue weighted by molar-refractivity contribution is 5.73. The molecule has 0 bridgehead atoms. The first-order valence-corrected chi connectivity index (χ1v) is 5.38. The molecule has 1 heterocycles. The molecule has 4 heteroatoms. The second-order valence-corrected chi connectivity index (χ2v) is 4.06. The molecule has 0 unspecified atom stereocenters. The minimum atomic E-state index is 0.718. The van der Waals surface area contributed by atoms with E-state index in [1.165, 1.54) is 5.56 Å². The van der Waals surface area contributed by atoms with E-state index in [4.69, 9.17) is 4.42 Å². The molecule has 0 spiro atoms. The van der Waals surface area contributed by atoms with Crippen molar-refractivity contribution in [2.75, 3.05) is 20.8 Å². The van der Waals surface area contributed by atoms with Crippen LogP contribution in [0, 0.1) is 6.92 Å². The molecule has 0 aliphatic carbocycles. The molecular formula is C12H17N3O. The highest BCUT2D eigenvalue weighted by Crippen LogP contribution is 2.17. The maximum Gasteiger partial charge on any atom is 0.192 e. The van der Waals surface area contributed by atoms with Gasteiger partial charge in [0.15, 0.2) is 11.5 Å². The van der Waals surface area contributed by atoms with E-state index in [0.29, 0.717) is 0 Å². The van der Waals surface area contributed by atoms with Gasteiger partial charge in [0.25, 0.3) is 0 Å². The molecule has 0 atom stereocenters. The summed E-state index contributed by atoms with van der Waals surface area (Å²) in [4.78, 5) is 6.48. The van der Waals surface area contributed by atoms with Gasteiger partial charge < -0.3 is 9.73 Å². The molecule has 0 aliphatic rings. The van der Waals surface area contributed by atoms with Crippen molar-refractivity contribution in [3.05, 3.63) is 29.7 Å². The van der Waals surface area contributed by atoms with Crippen molar-refractivity contribution in [3.63, 3.8) is 0 Å². The second-order valence-electron chi connectivity index (χ2n) is 4.06. The summed E-state index contributed by atoms with van der Waals surface area (Å²) in [6.07, 6.45) is 0. The van der Waals surface area contributed by atoms with Crippen LogP contribution < -0.4 is 5.32 Å². The van der Waals surface area contributed by atoms with E-state index in [2.05, 4.69) is 34.4 Å². The molecule has 1 aromatic heterocycles. The molecule has 1 aromatic carbocycles. The summed E-state index contributed by atoms with van der Waals surface area (Å²) >= 11 is 0. The number of hydrogen-bond donors (Lipinski definition) is 1. The number of rotatable bonds is 4. The monoisotopic (exact) mass is 219 g/mol. The number of aryl methyl sites for hydroxylation is 1. The number of nitrogens with zero attached hydrogens (tertiary/aromatic N) is 2. The highest BCUT2D eigenvalue weighted by atomic mass is 16.3. The van der Waals surface area contributed by atoms with Gasteiger partial charge in [0.05, 0.1) is 0 Å². The van der Waals surface area contributed by atoms with Gasteiger partial charge in [0, 0.05) is 20.1 Å². The maximum absolute atomic E-state index is 5.50. The van der Waals surface area contributed by atoms with Gasteiger partial charge in [-0.25, -0.2) is 4.98 Å². The predicted molar refractivity (Wildman–Crippen MR) is 64.1 cm³/mol. The fourth-order valence-corrected chi connectivity index (χ4v) is 1.82. The standard InChI is InChI=1S/C12H17N3O/c1-9-14-11-5-4-10(6-12(11)16-9)7-15(3)8-13-2/h4-6,13H,7-8H2,1-3H3. The Balaban J connectivity index is 2.18. The fourth-order valence-electron chi connectivity index (χ4n) is 1.82. The molecule has 0 amide bonds. The molecule has 4 nitrogen and oxygen atoms in total. The van der Waals surface area contributed by atoms with Crippen molar-refractivity contribution in [2.24, 2.45) is 0 Å². The van der Waals surface area contributed by atoms with Gasteiger partial charge in [-0.3, -0.25) is 4.90 Å². The minimum absolute atomic E-state index is 0.718. The zero-order valence-corrected chi connectivity index (χ0v) is 9.95. The smallest absolute Gasteiger partial charge is 0.192 e. The molecule has 0 saturated carbocycles. The Hall–Kier alpha value is -1.39. The molecule has 1 N–H and O–H groups in total. The molecule has 0 saturated heterocycles. The molecule has 0 aliphatic heterocycles. The van der Waals surface area contributed by atoms with E-state index < -0.39 is 0 Å². The van der Waals surface area contributed by atoms with E-state index in [-0.39, 0.29) is 0 Å². The third-order valence-corrected chi connectivity index (χ3v) is 2.44. The van der Waals surface area contributed by atoms with Crippen LogP contribution >= 0.6 is 0 Å². The van der Waals surface area contributed by atoms with E-state index in [0.717, 1.165) is 30.2 Å². The van der Waals surface area contributed by atoms with Crippen LogP contribution in [0.15, 0.2) is 22.6 Å². The number of fused-ring (bicyclic) bond motifs is 1. The number of nitrogens with one attached hydrogen (secondary N) is 1. The molecule has 0 radical (unpaired) electrons. The first kappa shape index (κ1) is 11.1. The Kier molecular flexibility index (Phi) is 3.22. The zero-order valence-electron chi connectivity index (χ0n) is 9.95. The maximum atomic E-state index is 5.50. The SMILES string of the molecule is CNCN(C)Cc1ccc2nc(C)oc2c1. The summed E-state index contributed by atoms with van der Waals surface area (Å²) in [6.45, 7) is 3.64. The third kappa shape index (κ3) is 2.40. The molecular weight excluding hydrogens is 202 g/mol. The number of aromatic nitrogens is 1. The van der Waals surface area contributed by atoms with E-state index in [1.807, 2.05) is 20.0 Å². The summed E-state index contributed by atoms with van der Waals surface area (Å²) in [7, 11) is 4.02. The van der Waals surface area contributed by atoms with Gasteiger partial charge in [-0.1, -0.05) is 6.07 Å². The Morgan fingerprint density at radius 3 is 3.00 bits per heavy atom. The summed E-state index contributed by atoms with van der Waals surface area (Å²) in [6, 6.07) is 6.16. The van der Waals surface area contributed by atoms with Gasteiger partial charge in [-0.2, -0.15) is 0 Å². The normalized spacial score (nSPS) is 11.5. The molecule has 0 fully saturated rings. The average molecular weight is 219 g/mol. The van der Waals surface area contributed by atoms with Crippen LogP contribution in [0.2, 0.25) is 0 Å². The van der Waals surface area contributed by atoms with Crippen LogP contribution in [0.1, 0.15) is 11.5 Å². The first-order chi connectivity index (χ1) is 7.69. The van der Waals surface area contributed by atoms with Crippen molar-refractivity contribution in [1.82, 2.24) is 15.2 Å². The first-order valence-electron chi connectivity index (χ1n) is 5.38. The molecule has 16 heavy (non-hydrogen) atoms. The lowest BCUT2D eigenvalue weighted by Gasteiger charge is -2.15. The van der Waals surface area contributed by atoms with Crippen LogP contribution in [-0.4, -0.2) is 30.6 Å². The van der Waals surface area contributed by atoms with E-state index in [9.17, 15) is 0 Å². The van der Waals surface area contributed by atoms with Crippen LogP contribution in [0.5, 0.6) is 0 Å². The minimum Gasteiger partial charge on any atom is -0.441 e. The summed E-state index contributed by atoms with van der Waals surface area (Å²) in [5.74, 6) is 0.718. The average Bonchev–Trinajstić information content (AvgIpc) is 2.57. The topological polar surface area (TPSA) is 41.3 Å². The van der Waals surface area contributed by atoms with Gasteiger partial charge >= 0.3 is 0 Å². The highest BCUT2D eigenvalue weighted by Gasteiger charge is 2.04. The van der Waals surface area contributed by atoms with Crippen molar-refractivity contribution in [3.8, 4) is 0 Å². The van der Waals surface area contributed by atoms with Crippen molar-refractivity contribution in [1.29, 1.82) is 0 Å². The second kappa shape index (κ2) is 4.63. The Morgan fingerprint density at radius 1 is 1.44 bits per heavy atom. The molecule has 2 aromatic rings. The van der Waals surface area contributed by atoms with Gasteiger partial charge in [0.1, 0.15) is 5.52 Å². The Morgan fingerprint density at radius 2 is 2.25 bits per heavy atom. The van der Waals surface area contributed by atoms with Gasteiger partial charge in [0.2, 0.25) is 0 Å². The Bertz CT molecular complexity index is 478. The van der Waals surface area contributed by atoms with Crippen LogP contribution in [0.3, 0.4) is 0 Å². The number of benzene rings is 1. The third-order valence-electron chi connectivity index (χ3n) is 2.44. The quantitative estimate of drug-likeness (QED) is 0.795. The Labute approximate surface area is 95.3 Å². The number of oxazole rings is 1. The van der Waals surface area contributed by atoms with Crippen molar-refractivity contribution >= 4 is 11.1 Å². The predicted octanol–water partition coefficient (Wildman–Crippen LogP) is 1.74. The van der Waals surface area contributed by atoms with Gasteiger partial charge in [-0.15, -0.1) is 0 Å².